The van der Waals surface area contributed by atoms with Crippen LogP contribution >= 0.6 is 0 Å². The van der Waals surface area contributed by atoms with Gasteiger partial charge in [0.05, 0.1) is 12.1 Å². The van der Waals surface area contributed by atoms with Gasteiger partial charge in [0.15, 0.2) is 0 Å². The first-order valence-corrected chi connectivity index (χ1v) is 7.17. The summed E-state index contributed by atoms with van der Waals surface area (Å²) in [7, 11) is 3.86. The Bertz CT molecular complexity index is 963. The van der Waals surface area contributed by atoms with E-state index in [1.807, 2.05) is 37.2 Å². The molecule has 0 aliphatic carbocycles. The Hall–Kier alpha value is -2.96. The smallest absolute Gasteiger partial charge is 0.345 e. The molecule has 0 bridgehead atoms. The number of fused-ring (bicyclic) bond motifs is 3. The van der Waals surface area contributed by atoms with Crippen LogP contribution in [0.15, 0.2) is 35.5 Å². The standard InChI is InChI=1S/C16H16N4O3/c1-4-23-16(22)12-8-17-14-11-7-10(19(2)3)5-6-13(11)18-9-20(14)15(12)21/h5-9H,4H2,1-3H3. The van der Waals surface area contributed by atoms with Crippen LogP contribution in [0.4, 0.5) is 5.69 Å². The third-order valence-corrected chi connectivity index (χ3v) is 3.54. The molecule has 3 aromatic rings. The van der Waals surface area contributed by atoms with E-state index < -0.39 is 11.5 Å². The molecule has 7 heteroatoms. The molecule has 0 aliphatic rings. The maximum atomic E-state index is 12.5. The number of aromatic nitrogens is 3. The molecule has 0 N–H and O–H groups in total. The van der Waals surface area contributed by atoms with E-state index in [0.717, 1.165) is 16.6 Å². The minimum atomic E-state index is -0.679. The van der Waals surface area contributed by atoms with E-state index in [1.54, 1.807) is 6.92 Å². The normalized spacial score (nSPS) is 10.9. The summed E-state index contributed by atoms with van der Waals surface area (Å²) in [6.07, 6.45) is 2.64. The van der Waals surface area contributed by atoms with E-state index in [9.17, 15) is 9.59 Å². The van der Waals surface area contributed by atoms with Gasteiger partial charge in [-0.3, -0.25) is 4.79 Å². The topological polar surface area (TPSA) is 76.8 Å². The number of nitrogens with zero attached hydrogens (tertiary/aromatic N) is 4. The van der Waals surface area contributed by atoms with Gasteiger partial charge < -0.3 is 9.64 Å². The average molecular weight is 312 g/mol. The van der Waals surface area contributed by atoms with Crippen LogP contribution in [0.2, 0.25) is 0 Å². The molecular weight excluding hydrogens is 296 g/mol. The zero-order valence-corrected chi connectivity index (χ0v) is 13.1. The summed E-state index contributed by atoms with van der Waals surface area (Å²) in [5.74, 6) is -0.679. The summed E-state index contributed by atoms with van der Waals surface area (Å²) in [5, 5.41) is 0.742. The van der Waals surface area contributed by atoms with E-state index in [0.29, 0.717) is 5.65 Å². The fraction of sp³-hybridized carbons (Fsp3) is 0.250. The number of carbonyl (C=O) groups excluding carboxylic acids is 1. The molecule has 7 nitrogen and oxygen atoms in total. The van der Waals surface area contributed by atoms with Gasteiger partial charge in [-0.05, 0) is 25.1 Å². The second-order valence-electron chi connectivity index (χ2n) is 5.23. The van der Waals surface area contributed by atoms with Crippen molar-refractivity contribution in [2.75, 3.05) is 25.6 Å². The van der Waals surface area contributed by atoms with Crippen LogP contribution < -0.4 is 10.5 Å². The van der Waals surface area contributed by atoms with Crippen LogP contribution in [0.3, 0.4) is 0 Å². The number of esters is 1. The maximum Gasteiger partial charge on any atom is 0.345 e. The number of benzene rings is 1. The molecule has 1 aromatic carbocycles. The van der Waals surface area contributed by atoms with E-state index in [4.69, 9.17) is 4.74 Å². The molecule has 118 valence electrons. The zero-order chi connectivity index (χ0) is 16.6. The molecule has 0 aliphatic heterocycles. The lowest BCUT2D eigenvalue weighted by atomic mass is 10.2. The molecule has 0 amide bonds. The molecule has 0 fully saturated rings. The number of anilines is 1. The lowest BCUT2D eigenvalue weighted by Gasteiger charge is -2.13. The predicted molar refractivity (Wildman–Crippen MR) is 87.0 cm³/mol. The van der Waals surface area contributed by atoms with E-state index >= 15 is 0 Å². The Morgan fingerprint density at radius 1 is 1.30 bits per heavy atom. The summed E-state index contributed by atoms with van der Waals surface area (Å²) in [5.41, 5.74) is 1.56. The highest BCUT2D eigenvalue weighted by Crippen LogP contribution is 2.21. The average Bonchev–Trinajstić information content (AvgIpc) is 2.54. The summed E-state index contributed by atoms with van der Waals surface area (Å²) >= 11 is 0. The van der Waals surface area contributed by atoms with Crippen LogP contribution in [0.25, 0.3) is 16.6 Å². The fourth-order valence-electron chi connectivity index (χ4n) is 2.34. The molecule has 2 aromatic heterocycles. The molecular formula is C16H16N4O3. The van der Waals surface area contributed by atoms with Gasteiger partial charge in [-0.2, -0.15) is 0 Å². The number of hydrogen-bond acceptors (Lipinski definition) is 6. The number of hydrogen-bond donors (Lipinski definition) is 0. The summed E-state index contributed by atoms with van der Waals surface area (Å²) in [6, 6.07) is 5.72. The van der Waals surface area contributed by atoms with Crippen molar-refractivity contribution in [1.29, 1.82) is 0 Å². The Kier molecular flexibility index (Phi) is 3.69. The van der Waals surface area contributed by atoms with Crippen molar-refractivity contribution >= 4 is 28.2 Å². The van der Waals surface area contributed by atoms with E-state index in [-0.39, 0.29) is 12.2 Å². The second-order valence-corrected chi connectivity index (χ2v) is 5.23. The zero-order valence-electron chi connectivity index (χ0n) is 13.1. The minimum Gasteiger partial charge on any atom is -0.462 e. The minimum absolute atomic E-state index is 0.103. The lowest BCUT2D eigenvalue weighted by Crippen LogP contribution is -2.24. The third-order valence-electron chi connectivity index (χ3n) is 3.54. The maximum absolute atomic E-state index is 12.5. The van der Waals surface area contributed by atoms with Gasteiger partial charge in [-0.25, -0.2) is 19.2 Å². The molecule has 3 rings (SSSR count). The van der Waals surface area contributed by atoms with Crippen LogP contribution in [-0.4, -0.2) is 41.0 Å². The molecule has 0 unspecified atom stereocenters. The number of rotatable bonds is 3. The summed E-state index contributed by atoms with van der Waals surface area (Å²) in [6.45, 7) is 1.88. The lowest BCUT2D eigenvalue weighted by molar-refractivity contribution is 0.0523. The van der Waals surface area contributed by atoms with Crippen LogP contribution in [0.5, 0.6) is 0 Å². The highest BCUT2D eigenvalue weighted by Gasteiger charge is 2.16. The van der Waals surface area contributed by atoms with Gasteiger partial charge in [0.1, 0.15) is 17.5 Å². The van der Waals surface area contributed by atoms with Crippen molar-refractivity contribution in [1.82, 2.24) is 14.4 Å². The van der Waals surface area contributed by atoms with E-state index in [1.165, 1.54) is 16.9 Å². The molecule has 2 heterocycles. The fourth-order valence-corrected chi connectivity index (χ4v) is 2.34. The van der Waals surface area contributed by atoms with Gasteiger partial charge >= 0.3 is 5.97 Å². The van der Waals surface area contributed by atoms with Gasteiger partial charge in [0.2, 0.25) is 0 Å². The van der Waals surface area contributed by atoms with Crippen molar-refractivity contribution < 1.29 is 9.53 Å². The Labute approximate surface area is 132 Å². The van der Waals surface area contributed by atoms with Gasteiger partial charge in [-0.15, -0.1) is 0 Å². The van der Waals surface area contributed by atoms with E-state index in [2.05, 4.69) is 9.97 Å². The van der Waals surface area contributed by atoms with Crippen LogP contribution in [0.1, 0.15) is 17.3 Å². The van der Waals surface area contributed by atoms with Gasteiger partial charge in [0.25, 0.3) is 5.56 Å². The molecule has 0 radical (unpaired) electrons. The van der Waals surface area contributed by atoms with Crippen LogP contribution in [-0.2, 0) is 4.74 Å². The Morgan fingerprint density at radius 2 is 2.09 bits per heavy atom. The first-order valence-electron chi connectivity index (χ1n) is 7.17. The monoisotopic (exact) mass is 312 g/mol. The van der Waals surface area contributed by atoms with Crippen molar-refractivity contribution in [3.8, 4) is 0 Å². The first-order chi connectivity index (χ1) is 11.0. The largest absolute Gasteiger partial charge is 0.462 e. The first kappa shape index (κ1) is 15.0. The molecule has 0 saturated carbocycles. The highest BCUT2D eigenvalue weighted by molar-refractivity contribution is 5.94. The quantitative estimate of drug-likeness (QED) is 0.538. The molecule has 23 heavy (non-hydrogen) atoms. The summed E-state index contributed by atoms with van der Waals surface area (Å²) in [4.78, 5) is 34.8. The molecule has 0 saturated heterocycles. The van der Waals surface area contributed by atoms with Crippen molar-refractivity contribution in [2.45, 2.75) is 6.92 Å². The molecule has 0 spiro atoms. The predicted octanol–water partition coefficient (Wildman–Crippen LogP) is 1.49. The number of ether oxygens (including phenoxy) is 1. The van der Waals surface area contributed by atoms with Gasteiger partial charge in [0, 0.05) is 31.4 Å². The summed E-state index contributed by atoms with van der Waals surface area (Å²) < 4.78 is 6.15. The third kappa shape index (κ3) is 2.50. The van der Waals surface area contributed by atoms with Crippen molar-refractivity contribution in [3.63, 3.8) is 0 Å². The number of carbonyl (C=O) groups is 1. The van der Waals surface area contributed by atoms with Crippen LogP contribution in [0, 0.1) is 0 Å². The van der Waals surface area contributed by atoms with Gasteiger partial charge in [-0.1, -0.05) is 0 Å². The Balaban J connectivity index is 2.29. The van der Waals surface area contributed by atoms with Crippen molar-refractivity contribution in [2.24, 2.45) is 0 Å². The highest BCUT2D eigenvalue weighted by atomic mass is 16.5. The second kappa shape index (κ2) is 5.68. The SMILES string of the molecule is CCOC(=O)c1cnc2c3cc(N(C)C)ccc3ncn2c1=O. The Morgan fingerprint density at radius 3 is 2.78 bits per heavy atom. The van der Waals surface area contributed by atoms with Crippen molar-refractivity contribution in [3.05, 3.63) is 46.6 Å². The molecule has 0 atom stereocenters.